The van der Waals surface area contributed by atoms with Crippen molar-refractivity contribution in [2.24, 2.45) is 0 Å². The van der Waals surface area contributed by atoms with Crippen molar-refractivity contribution in [3.8, 4) is 22.5 Å². The maximum Gasteiger partial charge on any atom is 0 e. The van der Waals surface area contributed by atoms with Crippen LogP contribution in [0.1, 0.15) is 26.7 Å². The van der Waals surface area contributed by atoms with E-state index in [1.165, 1.54) is 40.7 Å². The van der Waals surface area contributed by atoms with Crippen molar-refractivity contribution in [1.29, 1.82) is 0 Å². The van der Waals surface area contributed by atoms with Crippen LogP contribution >= 0.6 is 11.3 Å². The maximum atomic E-state index is 8.47. The maximum absolute atomic E-state index is 8.47. The van der Waals surface area contributed by atoms with Crippen molar-refractivity contribution in [3.05, 3.63) is 139 Å². The normalized spacial score (nSPS) is 12.1. The Bertz CT molecular complexity index is 2370. The number of aromatic nitrogens is 2. The summed E-state index contributed by atoms with van der Waals surface area (Å²) in [5.74, 6) is 6.46. The molecule has 0 spiro atoms. The van der Waals surface area contributed by atoms with Crippen molar-refractivity contribution in [1.82, 2.24) is 9.97 Å². The van der Waals surface area contributed by atoms with Gasteiger partial charge in [-0.15, -0.1) is 17.5 Å². The van der Waals surface area contributed by atoms with E-state index in [0.29, 0.717) is 0 Å². The summed E-state index contributed by atoms with van der Waals surface area (Å²) >= 11 is 0.107. The first-order chi connectivity index (χ1) is 22.6. The van der Waals surface area contributed by atoms with Crippen LogP contribution in [0.5, 0.6) is 0 Å². The Morgan fingerprint density at radius 1 is 0.745 bits per heavy atom. The predicted octanol–water partition coefficient (Wildman–Crippen LogP) is 11.4. The number of rotatable bonds is 4. The summed E-state index contributed by atoms with van der Waals surface area (Å²) in [7, 11) is 0. The monoisotopic (exact) mass is 868 g/mol. The van der Waals surface area contributed by atoms with E-state index in [4.69, 9.17) is 6.35 Å². The van der Waals surface area contributed by atoms with Crippen molar-refractivity contribution < 1.29 is 21.5 Å². The van der Waals surface area contributed by atoms with Gasteiger partial charge in [-0.25, -0.2) is 0 Å². The van der Waals surface area contributed by atoms with E-state index in [1.807, 2.05) is 67.9 Å². The SMILES string of the molecule is [2H]C(C)(C)c1ccnc(-c2[c-]c3ccccc3c3c2sc2c4ccccc4ccc23)c1.[CH3][Ge]([CH3])([CH3])[c]1ccc(-c2[c-]cccc2)nc1.[Ir]. The summed E-state index contributed by atoms with van der Waals surface area (Å²) in [5.41, 5.74) is 4.93. The fourth-order valence-electron chi connectivity index (χ4n) is 5.88. The van der Waals surface area contributed by atoms with Crippen molar-refractivity contribution in [2.75, 3.05) is 0 Å². The average Bonchev–Trinajstić information content (AvgIpc) is 3.49. The molecular formula is C42H36GeIrN2S-2. The Balaban J connectivity index is 0.000000201. The molecule has 0 saturated carbocycles. The molecule has 5 heteroatoms. The largest absolute Gasteiger partial charge is 0 e. The summed E-state index contributed by atoms with van der Waals surface area (Å²) in [6.45, 7) is 3.83. The van der Waals surface area contributed by atoms with Crippen LogP contribution in [0.2, 0.25) is 17.3 Å². The number of thiophene rings is 1. The molecule has 2 nitrogen and oxygen atoms in total. The van der Waals surface area contributed by atoms with Crippen molar-refractivity contribution in [2.45, 2.75) is 37.0 Å². The van der Waals surface area contributed by atoms with Gasteiger partial charge in [0.15, 0.2) is 0 Å². The summed E-state index contributed by atoms with van der Waals surface area (Å²) in [6.07, 6.45) is 3.86. The minimum atomic E-state index is -1.72. The van der Waals surface area contributed by atoms with Crippen LogP contribution in [0.3, 0.4) is 0 Å². The minimum Gasteiger partial charge on any atom is 0 e. The molecule has 0 bridgehead atoms. The Morgan fingerprint density at radius 2 is 1.51 bits per heavy atom. The van der Waals surface area contributed by atoms with E-state index in [0.717, 1.165) is 33.5 Å². The van der Waals surface area contributed by atoms with E-state index in [-0.39, 0.29) is 20.1 Å². The van der Waals surface area contributed by atoms with Crippen LogP contribution in [-0.2, 0) is 20.1 Å². The third-order valence-electron chi connectivity index (χ3n) is 8.47. The molecule has 0 aliphatic heterocycles. The molecule has 0 saturated heterocycles. The molecule has 3 aromatic heterocycles. The van der Waals surface area contributed by atoms with Crippen LogP contribution in [0.25, 0.3) is 64.2 Å². The van der Waals surface area contributed by atoms with Crippen LogP contribution < -0.4 is 4.40 Å². The van der Waals surface area contributed by atoms with Crippen LogP contribution in [0.15, 0.2) is 122 Å². The van der Waals surface area contributed by atoms with Gasteiger partial charge in [-0.3, -0.25) is 4.98 Å². The van der Waals surface area contributed by atoms with E-state index in [2.05, 4.69) is 113 Å². The van der Waals surface area contributed by atoms with Crippen LogP contribution in [-0.4, -0.2) is 23.2 Å². The van der Waals surface area contributed by atoms with Gasteiger partial charge in [-0.1, -0.05) is 90.8 Å². The zero-order chi connectivity index (χ0) is 32.8. The van der Waals surface area contributed by atoms with Crippen LogP contribution in [0, 0.1) is 12.1 Å². The third kappa shape index (κ3) is 6.71. The average molecular weight is 867 g/mol. The molecule has 1 radical (unpaired) electrons. The smallest absolute Gasteiger partial charge is 0 e. The van der Waals surface area contributed by atoms with Crippen molar-refractivity contribution >= 4 is 70.7 Å². The Hall–Kier alpha value is -3.67. The zero-order valence-corrected chi connectivity index (χ0v) is 32.5. The second-order valence-corrected chi connectivity index (χ2v) is 24.6. The molecule has 0 atom stereocenters. The summed E-state index contributed by atoms with van der Waals surface area (Å²) < 4.78 is 12.4. The van der Waals surface area contributed by atoms with E-state index >= 15 is 0 Å². The summed E-state index contributed by atoms with van der Waals surface area (Å²) in [4.78, 5) is 9.24. The third-order valence-corrected chi connectivity index (χ3v) is 14.0. The molecule has 3 heterocycles. The molecule has 0 unspecified atom stereocenters. The van der Waals surface area contributed by atoms with Gasteiger partial charge in [-0.2, -0.15) is 11.3 Å². The summed E-state index contributed by atoms with van der Waals surface area (Å²) in [6, 6.07) is 44.7. The molecule has 235 valence electrons. The molecule has 8 rings (SSSR count). The minimum absolute atomic E-state index is 0. The topological polar surface area (TPSA) is 25.8 Å². The number of hydrogen-bond donors (Lipinski definition) is 0. The number of hydrogen-bond acceptors (Lipinski definition) is 3. The first-order valence-electron chi connectivity index (χ1n) is 16.2. The van der Waals surface area contributed by atoms with E-state index in [1.54, 1.807) is 0 Å². The van der Waals surface area contributed by atoms with E-state index in [9.17, 15) is 0 Å². The fraction of sp³-hybridized carbons (Fsp3) is 0.143. The Kier molecular flexibility index (Phi) is 9.38. The van der Waals surface area contributed by atoms with Gasteiger partial charge in [-0.05, 0) is 38.4 Å². The molecule has 47 heavy (non-hydrogen) atoms. The van der Waals surface area contributed by atoms with Gasteiger partial charge in [0.1, 0.15) is 0 Å². The van der Waals surface area contributed by atoms with Crippen molar-refractivity contribution in [3.63, 3.8) is 0 Å². The molecule has 0 N–H and O–H groups in total. The van der Waals surface area contributed by atoms with Gasteiger partial charge in [0.25, 0.3) is 0 Å². The first kappa shape index (κ1) is 31.9. The van der Waals surface area contributed by atoms with Crippen LogP contribution in [0.4, 0.5) is 0 Å². The molecular weight excluding hydrogens is 829 g/mol. The second kappa shape index (κ2) is 13.8. The zero-order valence-electron chi connectivity index (χ0n) is 28.2. The Morgan fingerprint density at radius 3 is 2.23 bits per heavy atom. The van der Waals surface area contributed by atoms with Gasteiger partial charge in [0, 0.05) is 38.1 Å². The van der Waals surface area contributed by atoms with E-state index < -0.39 is 19.2 Å². The number of pyridine rings is 2. The molecule has 8 aromatic rings. The number of fused-ring (bicyclic) bond motifs is 7. The predicted molar refractivity (Wildman–Crippen MR) is 202 cm³/mol. The molecule has 0 fully saturated rings. The molecule has 5 aromatic carbocycles. The first-order valence-corrected chi connectivity index (χ1v) is 23.8. The number of nitrogens with zero attached hydrogens (tertiary/aromatic N) is 2. The quantitative estimate of drug-likeness (QED) is 0.130. The van der Waals surface area contributed by atoms with Gasteiger partial charge in [0.05, 0.1) is 0 Å². The molecule has 0 aliphatic rings. The van der Waals surface area contributed by atoms with Gasteiger partial charge < -0.3 is 0 Å². The van der Waals surface area contributed by atoms with Gasteiger partial charge in [0.2, 0.25) is 0 Å². The molecule has 0 amide bonds. The summed E-state index contributed by atoms with van der Waals surface area (Å²) in [5, 5.41) is 7.40. The Labute approximate surface area is 299 Å². The standard InChI is InChI=1S/C28H20NS.C14H16GeN.Ir/c1-17(2)19-13-14-29-25(16-19)24-15-20-8-4-5-9-21(20)26-23-12-11-18-7-3-6-10-22(18)27(23)30-28(24)26;1-15(2,3)13-9-10-14(16-11-13)12-7-5-4-6-8-12;/h3-14,16-17H,1-2H3;4-7,9-11H,1-3H3;/q2*-1;/i17D;;. The van der Waals surface area contributed by atoms with Gasteiger partial charge >= 0.3 is 99.8 Å². The number of benzene rings is 5. The molecule has 0 aliphatic carbocycles. The fourth-order valence-corrected chi connectivity index (χ4v) is 9.41. The second-order valence-electron chi connectivity index (χ2n) is 12.9.